The first-order chi connectivity index (χ1) is 7.93. The minimum absolute atomic E-state index is 0.306. The van der Waals surface area contributed by atoms with E-state index in [0.29, 0.717) is 6.10 Å². The van der Waals surface area contributed by atoms with E-state index in [4.69, 9.17) is 23.5 Å². The zero-order valence-corrected chi connectivity index (χ0v) is 9.58. The Morgan fingerprint density at radius 1 is 1.29 bits per heavy atom. The summed E-state index contributed by atoms with van der Waals surface area (Å²) >= 11 is 0. The summed E-state index contributed by atoms with van der Waals surface area (Å²) in [4.78, 5) is 5.64. The molecule has 8 heteroatoms. The number of hydroxylamine groups is 2. The molecule has 1 aromatic rings. The molecule has 0 amide bonds. The number of pyridine rings is 1. The van der Waals surface area contributed by atoms with E-state index in [1.54, 1.807) is 0 Å². The molecule has 1 aromatic heterocycles. The maximum absolute atomic E-state index is 8.49. The Morgan fingerprint density at radius 3 is 2.71 bits per heavy atom. The van der Waals surface area contributed by atoms with Gasteiger partial charge in [0, 0.05) is 25.1 Å². The highest BCUT2D eigenvalue weighted by Crippen LogP contribution is 2.29. The molecule has 1 saturated heterocycles. The van der Waals surface area contributed by atoms with Gasteiger partial charge in [0.05, 0.1) is 0 Å². The molecule has 2 atom stereocenters. The average molecular weight is 263 g/mol. The van der Waals surface area contributed by atoms with Crippen molar-refractivity contribution in [2.24, 2.45) is 0 Å². The van der Waals surface area contributed by atoms with E-state index in [0.717, 1.165) is 19.6 Å². The largest absolute Gasteiger partial charge is 0.279 e. The van der Waals surface area contributed by atoms with Gasteiger partial charge in [0.1, 0.15) is 0 Å². The molecule has 0 aromatic carbocycles. The molecule has 0 spiro atoms. The van der Waals surface area contributed by atoms with Crippen LogP contribution in [-0.2, 0) is 11.5 Å². The van der Waals surface area contributed by atoms with Gasteiger partial charge in [-0.05, 0) is 0 Å². The summed E-state index contributed by atoms with van der Waals surface area (Å²) in [7, 11) is -4.94. The second-order valence-corrected chi connectivity index (χ2v) is 4.46. The Kier molecular flexibility index (Phi) is 3.59. The molecule has 0 aliphatic carbocycles. The van der Waals surface area contributed by atoms with Crippen molar-refractivity contribution in [1.29, 1.82) is 0 Å². The number of rotatable bonds is 0. The molecule has 2 aliphatic rings. The number of hydrogen-bond acceptors (Lipinski definition) is 6. The fourth-order valence-electron chi connectivity index (χ4n) is 1.93. The van der Waals surface area contributed by atoms with Crippen LogP contribution in [0.5, 0.6) is 0 Å². The van der Waals surface area contributed by atoms with Gasteiger partial charge in [-0.25, -0.2) is 18.6 Å². The molecular formula is C9H11ClN2O5. The van der Waals surface area contributed by atoms with Crippen LogP contribution in [0.3, 0.4) is 0 Å². The zero-order chi connectivity index (χ0) is 12.5. The topological polar surface area (TPSA) is 109 Å². The molecule has 1 fully saturated rings. The molecule has 94 valence electrons. The van der Waals surface area contributed by atoms with E-state index >= 15 is 0 Å². The summed E-state index contributed by atoms with van der Waals surface area (Å²) < 4.78 is 36.2. The minimum Gasteiger partial charge on any atom is -0.279 e. The van der Waals surface area contributed by atoms with Gasteiger partial charge in [0.25, 0.3) is 0 Å². The normalized spacial score (nSPS) is 25.9. The van der Waals surface area contributed by atoms with E-state index < -0.39 is 10.2 Å². The number of nitrogens with zero attached hydrogens (tertiary/aromatic N) is 2. The van der Waals surface area contributed by atoms with Crippen molar-refractivity contribution in [2.75, 3.05) is 6.54 Å². The Bertz CT molecular complexity index is 391. The Hall–Kier alpha value is -0.800. The third kappa shape index (κ3) is 3.58. The first-order valence-corrected chi connectivity index (χ1v) is 6.19. The first kappa shape index (κ1) is 12.7. The fourth-order valence-corrected chi connectivity index (χ4v) is 1.93. The summed E-state index contributed by atoms with van der Waals surface area (Å²) in [6.45, 7) is 1.94. The molecule has 2 bridgehead atoms. The zero-order valence-electron chi connectivity index (χ0n) is 8.82. The maximum atomic E-state index is 8.49. The standard InChI is InChI=1S/C9H11N2O.ClHO4/c1-2-5-10-7-11-6-4-9(12-11)8(10)3-1;2-1(3,4)5/h1-3,5,9H,4,6-7H2;(H,2,3,4,5)/q+1;/p-1. The summed E-state index contributed by atoms with van der Waals surface area (Å²) in [6, 6.07) is 6.28. The Balaban J connectivity index is 0.000000188. The van der Waals surface area contributed by atoms with Crippen LogP contribution in [0.4, 0.5) is 0 Å². The fraction of sp³-hybridized carbons (Fsp3) is 0.444. The van der Waals surface area contributed by atoms with Crippen LogP contribution < -0.4 is 23.2 Å². The summed E-state index contributed by atoms with van der Waals surface area (Å²) in [5.41, 5.74) is 1.31. The maximum Gasteiger partial charge on any atom is 0.226 e. The lowest BCUT2D eigenvalue weighted by Gasteiger charge is -2.18. The van der Waals surface area contributed by atoms with Crippen LogP contribution in [0.15, 0.2) is 24.4 Å². The number of aromatic nitrogens is 1. The number of fused-ring (bicyclic) bond motifs is 4. The quantitative estimate of drug-likeness (QED) is 0.439. The lowest BCUT2D eigenvalue weighted by Crippen LogP contribution is -2.68. The van der Waals surface area contributed by atoms with Gasteiger partial charge in [-0.1, -0.05) is 6.07 Å². The van der Waals surface area contributed by atoms with Crippen LogP contribution in [0.1, 0.15) is 18.2 Å². The number of halogens is 1. The van der Waals surface area contributed by atoms with Crippen LogP contribution in [0.25, 0.3) is 0 Å². The van der Waals surface area contributed by atoms with E-state index in [-0.39, 0.29) is 0 Å². The van der Waals surface area contributed by atoms with Crippen LogP contribution in [-0.4, -0.2) is 11.6 Å². The van der Waals surface area contributed by atoms with Crippen molar-refractivity contribution < 1.29 is 38.3 Å². The van der Waals surface area contributed by atoms with E-state index in [2.05, 4.69) is 29.0 Å². The van der Waals surface area contributed by atoms with Crippen LogP contribution >= 0.6 is 0 Å². The Labute approximate surface area is 99.8 Å². The van der Waals surface area contributed by atoms with Gasteiger partial charge in [-0.2, -0.15) is 4.57 Å². The van der Waals surface area contributed by atoms with Crippen molar-refractivity contribution in [3.8, 4) is 0 Å². The van der Waals surface area contributed by atoms with Crippen LogP contribution in [0, 0.1) is 10.2 Å². The van der Waals surface area contributed by atoms with Gasteiger partial charge in [0.2, 0.25) is 12.4 Å². The molecule has 2 unspecified atom stereocenters. The van der Waals surface area contributed by atoms with Gasteiger partial charge < -0.3 is 0 Å². The monoisotopic (exact) mass is 262 g/mol. The van der Waals surface area contributed by atoms with Crippen molar-refractivity contribution in [2.45, 2.75) is 19.2 Å². The highest BCUT2D eigenvalue weighted by molar-refractivity contribution is 5.02. The average Bonchev–Trinajstić information content (AvgIpc) is 2.59. The molecule has 7 nitrogen and oxygen atoms in total. The van der Waals surface area contributed by atoms with Crippen molar-refractivity contribution in [3.05, 3.63) is 30.1 Å². The smallest absolute Gasteiger partial charge is 0.226 e. The predicted octanol–water partition coefficient (Wildman–Crippen LogP) is -4.13. The second-order valence-electron chi connectivity index (χ2n) is 3.70. The van der Waals surface area contributed by atoms with Crippen molar-refractivity contribution in [1.82, 2.24) is 5.06 Å². The van der Waals surface area contributed by atoms with Crippen molar-refractivity contribution in [3.63, 3.8) is 0 Å². The summed E-state index contributed by atoms with van der Waals surface area (Å²) in [6.07, 6.45) is 3.55. The number of hydrogen-bond donors (Lipinski definition) is 0. The van der Waals surface area contributed by atoms with Crippen molar-refractivity contribution >= 4 is 0 Å². The van der Waals surface area contributed by atoms with Gasteiger partial charge in [-0.15, -0.1) is 15.3 Å². The molecule has 3 rings (SSSR count). The van der Waals surface area contributed by atoms with Gasteiger partial charge >= 0.3 is 0 Å². The molecule has 0 radical (unpaired) electrons. The predicted molar refractivity (Wildman–Crippen MR) is 41.8 cm³/mol. The second kappa shape index (κ2) is 4.83. The highest BCUT2D eigenvalue weighted by Gasteiger charge is 2.37. The Morgan fingerprint density at radius 2 is 2.00 bits per heavy atom. The molecule has 0 saturated carbocycles. The van der Waals surface area contributed by atoms with Gasteiger partial charge in [-0.3, -0.25) is 4.84 Å². The first-order valence-electron chi connectivity index (χ1n) is 4.95. The van der Waals surface area contributed by atoms with Gasteiger partial charge in [0.15, 0.2) is 12.3 Å². The lowest BCUT2D eigenvalue weighted by molar-refractivity contribution is -2.00. The highest BCUT2D eigenvalue weighted by atomic mass is 35.7. The molecule has 17 heavy (non-hydrogen) atoms. The minimum atomic E-state index is -4.94. The van der Waals surface area contributed by atoms with E-state index in [1.165, 1.54) is 5.69 Å². The molecular weight excluding hydrogens is 252 g/mol. The van der Waals surface area contributed by atoms with E-state index in [1.807, 2.05) is 5.06 Å². The SMILES string of the molecule is [O-][Cl+3]([O-])([O-])[O-].c1cc[n+]2c(c1)C1CCN(C2)O1. The molecule has 0 N–H and O–H groups in total. The molecule has 2 aliphatic heterocycles. The summed E-state index contributed by atoms with van der Waals surface area (Å²) in [5, 5.41) is 2.03. The summed E-state index contributed by atoms with van der Waals surface area (Å²) in [5.74, 6) is 0. The third-order valence-corrected chi connectivity index (χ3v) is 2.53. The third-order valence-electron chi connectivity index (χ3n) is 2.53. The lowest BCUT2D eigenvalue weighted by atomic mass is 10.2. The van der Waals surface area contributed by atoms with E-state index in [9.17, 15) is 0 Å². The van der Waals surface area contributed by atoms with Crippen LogP contribution in [0.2, 0.25) is 0 Å². The molecule has 3 heterocycles.